The molecule has 0 spiro atoms. The van der Waals surface area contributed by atoms with Crippen molar-refractivity contribution < 1.29 is 19.2 Å². The number of aryl methyl sites for hydroxylation is 1. The van der Waals surface area contributed by atoms with E-state index in [2.05, 4.69) is 82.0 Å². The molecule has 1 unspecified atom stereocenters. The molecule has 0 fully saturated rings. The first kappa shape index (κ1) is 50.6. The maximum atomic E-state index is 12.0. The number of aliphatic imine (C=N–C) groups is 1. The first-order valence-electron chi connectivity index (χ1n) is 15.9. The van der Waals surface area contributed by atoms with E-state index in [-0.39, 0.29) is 31.5 Å². The molecule has 48 heavy (non-hydrogen) atoms. The molecule has 0 aromatic heterocycles. The Bertz CT molecular complexity index is 1020. The van der Waals surface area contributed by atoms with Crippen molar-refractivity contribution in [2.24, 2.45) is 27.9 Å². The number of nitrogens with zero attached hydrogens (tertiary/aromatic N) is 1. The maximum Gasteiger partial charge on any atom is 0.243 e. The highest BCUT2D eigenvalue weighted by Gasteiger charge is 2.20. The van der Waals surface area contributed by atoms with Gasteiger partial charge < -0.3 is 54.8 Å². The number of hydrogen-bond donors (Lipinski definition) is 10. The average Bonchev–Trinajstić information content (AvgIpc) is 3.05. The van der Waals surface area contributed by atoms with Crippen LogP contribution in [0.4, 0.5) is 0 Å². The molecule has 0 bridgehead atoms. The molecule has 14 N–H and O–H groups in total. The molecule has 1 atom stereocenters. The van der Waals surface area contributed by atoms with Crippen LogP contribution >= 0.6 is 12.2 Å². The minimum Gasteiger partial charge on any atom is -0.390 e. The number of rotatable bonds is 17. The van der Waals surface area contributed by atoms with Gasteiger partial charge in [-0.15, -0.1) is 0 Å². The Morgan fingerprint density at radius 2 is 1.52 bits per heavy atom. The molecule has 1 aromatic carbocycles. The summed E-state index contributed by atoms with van der Waals surface area (Å²) in [6.07, 6.45) is 5.76. The smallest absolute Gasteiger partial charge is 0.243 e. The summed E-state index contributed by atoms with van der Waals surface area (Å²) in [6.45, 7) is 11.1. The van der Waals surface area contributed by atoms with E-state index in [1.165, 1.54) is 17.5 Å². The van der Waals surface area contributed by atoms with Crippen molar-refractivity contribution in [3.05, 3.63) is 47.8 Å². The number of carbonyl (C=O) groups is 4. The molecule has 1 aromatic rings. The fourth-order valence-electron chi connectivity index (χ4n) is 2.71. The summed E-state index contributed by atoms with van der Waals surface area (Å²) in [5.74, 6) is -1.83. The van der Waals surface area contributed by atoms with Gasteiger partial charge in [0.15, 0.2) is 5.96 Å². The van der Waals surface area contributed by atoms with E-state index in [1.807, 2.05) is 39.1 Å². The summed E-state index contributed by atoms with van der Waals surface area (Å²) in [4.78, 5) is 49.4. The lowest BCUT2D eigenvalue weighted by molar-refractivity contribution is -0.130. The van der Waals surface area contributed by atoms with Crippen LogP contribution in [-0.2, 0) is 19.2 Å². The second kappa shape index (κ2) is 38.9. The molecule has 0 aliphatic carbocycles. The quantitative estimate of drug-likeness (QED) is 0.0456. The Kier molecular flexibility index (Phi) is 41.0. The second-order valence-electron chi connectivity index (χ2n) is 9.93. The van der Waals surface area contributed by atoms with E-state index in [0.717, 1.165) is 18.7 Å². The summed E-state index contributed by atoms with van der Waals surface area (Å²) in [7, 11) is 3.47. The molecular weight excluding hydrogens is 634 g/mol. The number of hydrogen-bond acceptors (Lipinski definition) is 9. The number of carbonyl (C=O) groups excluding carboxylic acids is 4. The van der Waals surface area contributed by atoms with Crippen molar-refractivity contribution in [1.82, 2.24) is 31.9 Å². The number of likely N-dealkylation sites (N-methyl/N-ethyl adjacent to an activating group) is 1. The monoisotopic (exact) mass is 697 g/mol. The molecule has 276 valence electrons. The van der Waals surface area contributed by atoms with Crippen LogP contribution in [0.3, 0.4) is 0 Å². The molecule has 1 rings (SSSR count). The Hall–Kier alpha value is -4.28. The predicted molar refractivity (Wildman–Crippen MR) is 202 cm³/mol. The van der Waals surface area contributed by atoms with E-state index in [0.29, 0.717) is 25.8 Å². The summed E-state index contributed by atoms with van der Waals surface area (Å²) in [6, 6.07) is 9.45. The molecule has 0 aliphatic rings. The van der Waals surface area contributed by atoms with Gasteiger partial charge in [0.25, 0.3) is 0 Å². The zero-order chi connectivity index (χ0) is 37.6. The lowest BCUT2D eigenvalue weighted by Crippen LogP contribution is -2.51. The lowest BCUT2D eigenvalue weighted by atomic mass is 10.1. The number of primary amides is 1. The third-order valence-electron chi connectivity index (χ3n) is 5.04. The number of guanidine groups is 1. The van der Waals surface area contributed by atoms with Gasteiger partial charge >= 0.3 is 0 Å². The minimum absolute atomic E-state index is 0.0896. The molecular formula is C32H63N11O4S. The van der Waals surface area contributed by atoms with Crippen molar-refractivity contribution in [3.8, 4) is 0 Å². The summed E-state index contributed by atoms with van der Waals surface area (Å²) >= 11 is 4.51. The molecule has 0 heterocycles. The van der Waals surface area contributed by atoms with Gasteiger partial charge in [-0.3, -0.25) is 24.2 Å². The first-order chi connectivity index (χ1) is 22.8. The second-order valence-corrected chi connectivity index (χ2v) is 10.2. The maximum absolute atomic E-state index is 12.0. The van der Waals surface area contributed by atoms with Crippen molar-refractivity contribution in [3.63, 3.8) is 0 Å². The minimum atomic E-state index is -0.811. The number of nitrogens with one attached hydrogen (secondary N) is 6. The van der Waals surface area contributed by atoms with Gasteiger partial charge in [0, 0.05) is 25.5 Å². The number of allylic oxidation sites excluding steroid dienone is 1. The highest BCUT2D eigenvalue weighted by atomic mass is 32.1. The van der Waals surface area contributed by atoms with E-state index in [4.69, 9.17) is 22.9 Å². The molecule has 0 saturated heterocycles. The summed E-state index contributed by atoms with van der Waals surface area (Å²) in [5, 5.41) is 15.6. The largest absolute Gasteiger partial charge is 0.390 e. The average molecular weight is 698 g/mol. The van der Waals surface area contributed by atoms with Crippen LogP contribution in [0.15, 0.2) is 47.2 Å². The normalized spacial score (nSPS) is 10.0. The highest BCUT2D eigenvalue weighted by molar-refractivity contribution is 7.78. The van der Waals surface area contributed by atoms with Gasteiger partial charge in [-0.05, 0) is 53.1 Å². The SMILES string of the molecule is CCC.CCCN=C(N)N.CN/C(C)=C\NC=S.CNCC(=O)NCC(=O)NC(CCCCN)C(=O)NCC(N)=O.Cc1ccccc1. The van der Waals surface area contributed by atoms with Crippen LogP contribution in [0.25, 0.3) is 0 Å². The number of nitrogens with two attached hydrogens (primary N) is 4. The van der Waals surface area contributed by atoms with E-state index >= 15 is 0 Å². The first-order valence-corrected chi connectivity index (χ1v) is 16.3. The summed E-state index contributed by atoms with van der Waals surface area (Å²) in [5.41, 5.74) is 24.2. The van der Waals surface area contributed by atoms with Gasteiger partial charge in [0.1, 0.15) is 6.04 Å². The van der Waals surface area contributed by atoms with E-state index in [1.54, 1.807) is 13.2 Å². The lowest BCUT2D eigenvalue weighted by Gasteiger charge is -2.18. The van der Waals surface area contributed by atoms with E-state index in [9.17, 15) is 19.2 Å². The van der Waals surface area contributed by atoms with Crippen molar-refractivity contribution in [1.29, 1.82) is 0 Å². The summed E-state index contributed by atoms with van der Waals surface area (Å²) < 4.78 is 0. The Labute approximate surface area is 293 Å². The molecule has 16 heteroatoms. The van der Waals surface area contributed by atoms with Crippen LogP contribution in [-0.4, -0.2) is 87.9 Å². The standard InChI is InChI=1S/C13H26N6O4.C7H8.C5H10N2S.C4H11N3.C3H8/c1-16-7-11(21)17-8-12(22)19-9(4-2-3-5-14)13(23)18-6-10(15)20;1-7-5-3-2-4-6-7;1-5(6-2)3-7-4-8;1-2-3-7-4(5)6;1-3-2/h9,16H,2-8,14H2,1H3,(H2,15,20)(H,17,21)(H,18,23)(H,19,22);2-6H,1H3;3-4,6H,1-2H3,(H,7,8);2-3H2,1H3,(H4,5,6,7);3H2,1-2H3/b;;5-3-;;. The Morgan fingerprint density at radius 1 is 0.917 bits per heavy atom. The fourth-order valence-corrected chi connectivity index (χ4v) is 2.78. The van der Waals surface area contributed by atoms with Gasteiger partial charge in [-0.25, -0.2) is 0 Å². The van der Waals surface area contributed by atoms with Gasteiger partial charge in [-0.1, -0.05) is 75.3 Å². The third-order valence-corrected chi connectivity index (χ3v) is 5.18. The topological polar surface area (TPSA) is 257 Å². The fraction of sp³-hybridized carbons (Fsp3) is 0.562. The van der Waals surface area contributed by atoms with Crippen LogP contribution in [0.5, 0.6) is 0 Å². The Morgan fingerprint density at radius 3 is 1.92 bits per heavy atom. The highest BCUT2D eigenvalue weighted by Crippen LogP contribution is 2.01. The van der Waals surface area contributed by atoms with Gasteiger partial charge in [0.05, 0.1) is 25.1 Å². The third kappa shape index (κ3) is 43.8. The Balaban J connectivity index is -0.000000312. The van der Waals surface area contributed by atoms with Crippen molar-refractivity contribution in [2.45, 2.75) is 72.8 Å². The van der Waals surface area contributed by atoms with Crippen LogP contribution in [0, 0.1) is 6.92 Å². The van der Waals surface area contributed by atoms with Crippen molar-refractivity contribution >= 4 is 47.3 Å². The van der Waals surface area contributed by atoms with E-state index < -0.39 is 23.8 Å². The zero-order valence-electron chi connectivity index (χ0n) is 30.0. The number of thiocarbonyl (C=S) groups is 1. The van der Waals surface area contributed by atoms with Crippen molar-refractivity contribution in [2.75, 3.05) is 46.8 Å². The number of amides is 4. The number of unbranched alkanes of at least 4 members (excludes halogenated alkanes) is 1. The van der Waals surface area contributed by atoms with Crippen LogP contribution in [0.2, 0.25) is 0 Å². The molecule has 0 radical (unpaired) electrons. The van der Waals surface area contributed by atoms with Gasteiger partial charge in [0.2, 0.25) is 23.6 Å². The molecule has 15 nitrogen and oxygen atoms in total. The molecule has 0 aliphatic heterocycles. The molecule has 0 saturated carbocycles. The predicted octanol–water partition coefficient (Wildman–Crippen LogP) is 0.232. The van der Waals surface area contributed by atoms with Gasteiger partial charge in [-0.2, -0.15) is 0 Å². The number of benzene rings is 1. The van der Waals surface area contributed by atoms with Crippen LogP contribution in [0.1, 0.15) is 65.4 Å². The van der Waals surface area contributed by atoms with Crippen LogP contribution < -0.4 is 54.8 Å². The molecule has 4 amide bonds. The zero-order valence-corrected chi connectivity index (χ0v) is 30.8.